The molecular formula is C34H65NaO3. The van der Waals surface area contributed by atoms with Crippen molar-refractivity contribution < 1.29 is 45.3 Å². The third kappa shape index (κ3) is 33.9. The van der Waals surface area contributed by atoms with Gasteiger partial charge in [-0.15, -0.1) is 0 Å². The van der Waals surface area contributed by atoms with Gasteiger partial charge in [0.25, 0.3) is 0 Å². The van der Waals surface area contributed by atoms with Crippen molar-refractivity contribution in [3.05, 3.63) is 12.2 Å². The van der Waals surface area contributed by atoms with Gasteiger partial charge in [-0.1, -0.05) is 154 Å². The molecule has 0 unspecified atom stereocenters. The topological polar surface area (TPSA) is 43.4 Å². The van der Waals surface area contributed by atoms with Crippen molar-refractivity contribution in [3.63, 3.8) is 0 Å². The largest absolute Gasteiger partial charge is 1.00 e. The van der Waals surface area contributed by atoms with Gasteiger partial charge in [-0.25, -0.2) is 0 Å². The first kappa shape index (κ1) is 40.0. The average molecular weight is 545 g/mol. The van der Waals surface area contributed by atoms with E-state index in [-0.39, 0.29) is 42.9 Å². The van der Waals surface area contributed by atoms with Crippen molar-refractivity contribution >= 4 is 11.9 Å². The first-order chi connectivity index (χ1) is 18.2. The fourth-order valence-electron chi connectivity index (χ4n) is 4.86. The van der Waals surface area contributed by atoms with E-state index in [1.54, 1.807) is 0 Å². The zero-order valence-electron chi connectivity index (χ0n) is 27.2. The van der Waals surface area contributed by atoms with Crippen molar-refractivity contribution in [2.45, 2.75) is 194 Å². The van der Waals surface area contributed by atoms with Gasteiger partial charge in [-0.05, 0) is 38.5 Å². The summed E-state index contributed by atoms with van der Waals surface area (Å²) in [6.45, 7) is 4.53. The molecule has 220 valence electrons. The number of rotatable bonds is 29. The molecule has 0 rings (SSSR count). The molecule has 0 spiro atoms. The molecular weight excluding hydrogens is 479 g/mol. The molecule has 0 fully saturated rings. The van der Waals surface area contributed by atoms with Gasteiger partial charge in [0.15, 0.2) is 0 Å². The summed E-state index contributed by atoms with van der Waals surface area (Å²) in [6.07, 6.45) is 38.2. The van der Waals surface area contributed by atoms with Crippen LogP contribution in [0, 0.1) is 0 Å². The van der Waals surface area contributed by atoms with Gasteiger partial charge < -0.3 is 6.16 Å². The van der Waals surface area contributed by atoms with Crippen LogP contribution in [-0.2, 0) is 14.3 Å². The predicted molar refractivity (Wildman–Crippen MR) is 162 cm³/mol. The number of hydrogen-bond donors (Lipinski definition) is 0. The summed E-state index contributed by atoms with van der Waals surface area (Å²) in [7, 11) is 0. The van der Waals surface area contributed by atoms with Crippen LogP contribution in [0.5, 0.6) is 0 Å². The Bertz CT molecular complexity index is 525. The third-order valence-electron chi connectivity index (χ3n) is 7.35. The molecule has 0 aliphatic carbocycles. The second-order valence-electron chi connectivity index (χ2n) is 11.2. The van der Waals surface area contributed by atoms with Crippen LogP contribution in [0.4, 0.5) is 0 Å². The smallest absolute Gasteiger partial charge is 1.00 e. The molecule has 0 aliphatic rings. The molecule has 0 aliphatic heterocycles. The molecule has 3 nitrogen and oxygen atoms in total. The van der Waals surface area contributed by atoms with Gasteiger partial charge >= 0.3 is 41.5 Å². The molecule has 0 heterocycles. The standard InChI is InChI=1S/C34H64O3.Na.H/c1-3-5-7-9-11-13-15-17-18-20-22-24-26-28-30-32-34(36)37-33(35)31-29-27-25-23-21-19-16-14-12-10-8-6-4-2;;/h17-18H,3-16,19-32H2,1-2H3;;/q;+1;-1/b18-17-;;. The minimum absolute atomic E-state index is 0. The minimum atomic E-state index is -0.336. The van der Waals surface area contributed by atoms with Crippen molar-refractivity contribution in [1.29, 1.82) is 0 Å². The zero-order chi connectivity index (χ0) is 27.1. The van der Waals surface area contributed by atoms with Crippen LogP contribution in [0.1, 0.15) is 195 Å². The quantitative estimate of drug-likeness (QED) is 0.0311. The number of allylic oxidation sites excluding steroid dienone is 2. The van der Waals surface area contributed by atoms with E-state index in [9.17, 15) is 9.59 Å². The fourth-order valence-corrected chi connectivity index (χ4v) is 4.86. The molecule has 0 aromatic carbocycles. The van der Waals surface area contributed by atoms with E-state index in [4.69, 9.17) is 4.74 Å². The molecule has 0 radical (unpaired) electrons. The van der Waals surface area contributed by atoms with E-state index < -0.39 is 0 Å². The predicted octanol–water partition coefficient (Wildman–Crippen LogP) is 8.69. The summed E-state index contributed by atoms with van der Waals surface area (Å²) in [5.74, 6) is -0.668. The summed E-state index contributed by atoms with van der Waals surface area (Å²) in [5.41, 5.74) is 0. The van der Waals surface area contributed by atoms with E-state index in [0.717, 1.165) is 32.1 Å². The van der Waals surface area contributed by atoms with Gasteiger partial charge in [0.1, 0.15) is 0 Å². The molecule has 0 amide bonds. The maximum Gasteiger partial charge on any atom is 1.00 e. The van der Waals surface area contributed by atoms with Gasteiger partial charge in [0.2, 0.25) is 0 Å². The summed E-state index contributed by atoms with van der Waals surface area (Å²) >= 11 is 0. The molecule has 0 saturated carbocycles. The monoisotopic (exact) mass is 544 g/mol. The van der Waals surface area contributed by atoms with Crippen molar-refractivity contribution in [2.24, 2.45) is 0 Å². The number of esters is 2. The van der Waals surface area contributed by atoms with Crippen LogP contribution < -0.4 is 29.6 Å². The van der Waals surface area contributed by atoms with Crippen LogP contribution >= 0.6 is 0 Å². The normalized spacial score (nSPS) is 11.1. The molecule has 0 N–H and O–H groups in total. The Morgan fingerprint density at radius 1 is 0.447 bits per heavy atom. The van der Waals surface area contributed by atoms with Crippen molar-refractivity contribution in [1.82, 2.24) is 0 Å². The van der Waals surface area contributed by atoms with Crippen LogP contribution in [-0.4, -0.2) is 11.9 Å². The minimum Gasteiger partial charge on any atom is -1.00 e. The number of hydrogen-bond acceptors (Lipinski definition) is 3. The van der Waals surface area contributed by atoms with Crippen LogP contribution in [0.3, 0.4) is 0 Å². The molecule has 0 bridgehead atoms. The summed E-state index contributed by atoms with van der Waals surface area (Å²) in [4.78, 5) is 23.7. The summed E-state index contributed by atoms with van der Waals surface area (Å²) in [5, 5.41) is 0. The van der Waals surface area contributed by atoms with Crippen LogP contribution in [0.2, 0.25) is 0 Å². The van der Waals surface area contributed by atoms with Gasteiger partial charge in [-0.3, -0.25) is 9.59 Å². The Labute approximate surface area is 261 Å². The van der Waals surface area contributed by atoms with Crippen LogP contribution in [0.15, 0.2) is 12.2 Å². The first-order valence-corrected chi connectivity index (χ1v) is 16.6. The van der Waals surface area contributed by atoms with E-state index in [1.165, 1.54) is 135 Å². The Morgan fingerprint density at radius 2 is 0.711 bits per heavy atom. The molecule has 38 heavy (non-hydrogen) atoms. The number of carbonyl (C=O) groups is 2. The van der Waals surface area contributed by atoms with E-state index in [2.05, 4.69) is 26.0 Å². The Morgan fingerprint density at radius 3 is 1.03 bits per heavy atom. The molecule has 4 heteroatoms. The third-order valence-corrected chi connectivity index (χ3v) is 7.35. The fraction of sp³-hybridized carbons (Fsp3) is 0.882. The van der Waals surface area contributed by atoms with Gasteiger partial charge in [-0.2, -0.15) is 0 Å². The second-order valence-corrected chi connectivity index (χ2v) is 11.2. The Balaban J connectivity index is -0.00000648. The van der Waals surface area contributed by atoms with Gasteiger partial charge in [0, 0.05) is 12.8 Å². The number of carbonyl (C=O) groups excluding carboxylic acids is 2. The maximum atomic E-state index is 11.9. The number of unbranched alkanes of at least 4 members (excludes halogenated alkanes) is 23. The molecule has 0 aromatic rings. The summed E-state index contributed by atoms with van der Waals surface area (Å²) < 4.78 is 4.99. The number of ether oxygens (including phenoxy) is 1. The maximum absolute atomic E-state index is 11.9. The zero-order valence-corrected chi connectivity index (χ0v) is 28.2. The van der Waals surface area contributed by atoms with Gasteiger partial charge in [0.05, 0.1) is 0 Å². The SMILES string of the molecule is CCCCCCCC/C=C\CCCCCCCC(=O)OC(=O)CCCCCCCCCCCCCCC.[H-].[Na+]. The molecule has 0 atom stereocenters. The second kappa shape index (κ2) is 34.9. The molecule has 0 aromatic heterocycles. The average Bonchev–Trinajstić information content (AvgIpc) is 2.89. The Kier molecular flexibility index (Phi) is 36.8. The van der Waals surface area contributed by atoms with E-state index in [0.29, 0.717) is 12.8 Å². The van der Waals surface area contributed by atoms with E-state index in [1.807, 2.05) is 0 Å². The first-order valence-electron chi connectivity index (χ1n) is 16.6. The molecule has 0 saturated heterocycles. The van der Waals surface area contributed by atoms with Crippen LogP contribution in [0.25, 0.3) is 0 Å². The Hall–Kier alpha value is -0.120. The van der Waals surface area contributed by atoms with Crippen molar-refractivity contribution in [2.75, 3.05) is 0 Å². The van der Waals surface area contributed by atoms with E-state index >= 15 is 0 Å². The van der Waals surface area contributed by atoms with Crippen molar-refractivity contribution in [3.8, 4) is 0 Å². The summed E-state index contributed by atoms with van der Waals surface area (Å²) in [6, 6.07) is 0.